The quantitative estimate of drug-likeness (QED) is 0.419. The molecule has 0 radical (unpaired) electrons. The molecular formula is C10H17Cl. The first-order chi connectivity index (χ1) is 5.22. The summed E-state index contributed by atoms with van der Waals surface area (Å²) in [6, 6.07) is 0. The highest BCUT2D eigenvalue weighted by Gasteiger charge is 2.17. The van der Waals surface area contributed by atoms with E-state index in [2.05, 4.69) is 19.9 Å². The molecule has 0 unspecified atom stereocenters. The summed E-state index contributed by atoms with van der Waals surface area (Å²) in [4.78, 5) is 0. The van der Waals surface area contributed by atoms with E-state index < -0.39 is 0 Å². The summed E-state index contributed by atoms with van der Waals surface area (Å²) in [5.74, 6) is 2.43. The second kappa shape index (κ2) is 4.15. The molecule has 0 aromatic carbocycles. The van der Waals surface area contributed by atoms with E-state index in [-0.39, 0.29) is 0 Å². The second-order valence-corrected chi connectivity index (χ2v) is 4.18. The summed E-state index contributed by atoms with van der Waals surface area (Å²) in [7, 11) is 0. The molecule has 1 fully saturated rings. The van der Waals surface area contributed by atoms with Crippen LogP contribution in [0.3, 0.4) is 0 Å². The minimum atomic E-state index is 0.689. The van der Waals surface area contributed by atoms with Crippen molar-refractivity contribution in [3.8, 4) is 0 Å². The summed E-state index contributed by atoms with van der Waals surface area (Å²) in [6.45, 7) is 4.66. The summed E-state index contributed by atoms with van der Waals surface area (Å²) in [5, 5.41) is 0. The Morgan fingerprint density at radius 2 is 1.91 bits per heavy atom. The minimum absolute atomic E-state index is 0.689. The molecule has 0 heterocycles. The molecule has 64 valence electrons. The molecule has 0 nitrogen and oxygen atoms in total. The lowest BCUT2D eigenvalue weighted by Gasteiger charge is -2.26. The highest BCUT2D eigenvalue weighted by atomic mass is 35.5. The fourth-order valence-corrected chi connectivity index (χ4v) is 2.33. The SMILES string of the molecule is C[C@@H]1CC(=CCCl)C[C@@H](C)C1. The first kappa shape index (κ1) is 9.12. The predicted octanol–water partition coefficient (Wildman–Crippen LogP) is 3.61. The van der Waals surface area contributed by atoms with Gasteiger partial charge in [-0.05, 0) is 31.1 Å². The maximum absolute atomic E-state index is 5.65. The molecule has 0 aromatic heterocycles. The molecule has 2 atom stereocenters. The van der Waals surface area contributed by atoms with Crippen molar-refractivity contribution in [2.45, 2.75) is 33.1 Å². The van der Waals surface area contributed by atoms with Crippen molar-refractivity contribution in [1.29, 1.82) is 0 Å². The number of hydrogen-bond acceptors (Lipinski definition) is 0. The van der Waals surface area contributed by atoms with E-state index in [0.29, 0.717) is 5.88 Å². The third-order valence-corrected chi connectivity index (χ3v) is 2.55. The van der Waals surface area contributed by atoms with Gasteiger partial charge in [0.05, 0.1) is 0 Å². The summed E-state index contributed by atoms with van der Waals surface area (Å²) in [6.07, 6.45) is 6.13. The van der Waals surface area contributed by atoms with Crippen LogP contribution < -0.4 is 0 Å². The molecule has 1 saturated carbocycles. The molecule has 0 aromatic rings. The molecule has 0 saturated heterocycles. The van der Waals surface area contributed by atoms with Crippen LogP contribution in [0.15, 0.2) is 11.6 Å². The highest BCUT2D eigenvalue weighted by Crippen LogP contribution is 2.32. The van der Waals surface area contributed by atoms with E-state index in [1.807, 2.05) is 0 Å². The Labute approximate surface area is 74.6 Å². The average molecular weight is 173 g/mol. The van der Waals surface area contributed by atoms with Crippen molar-refractivity contribution >= 4 is 11.6 Å². The highest BCUT2D eigenvalue weighted by molar-refractivity contribution is 6.18. The molecule has 0 spiro atoms. The van der Waals surface area contributed by atoms with Crippen molar-refractivity contribution < 1.29 is 0 Å². The van der Waals surface area contributed by atoms with Crippen molar-refractivity contribution in [2.75, 3.05) is 5.88 Å². The van der Waals surface area contributed by atoms with Crippen LogP contribution in [0.1, 0.15) is 33.1 Å². The van der Waals surface area contributed by atoms with Gasteiger partial charge in [-0.1, -0.05) is 25.5 Å². The van der Waals surface area contributed by atoms with Crippen molar-refractivity contribution in [3.05, 3.63) is 11.6 Å². The fraction of sp³-hybridized carbons (Fsp3) is 0.800. The van der Waals surface area contributed by atoms with Crippen LogP contribution in [-0.4, -0.2) is 5.88 Å². The van der Waals surface area contributed by atoms with Gasteiger partial charge in [0.1, 0.15) is 0 Å². The molecule has 11 heavy (non-hydrogen) atoms. The summed E-state index contributed by atoms with van der Waals surface area (Å²) < 4.78 is 0. The van der Waals surface area contributed by atoms with Crippen LogP contribution in [0.5, 0.6) is 0 Å². The Bertz CT molecular complexity index is 137. The first-order valence-corrected chi connectivity index (χ1v) is 4.99. The van der Waals surface area contributed by atoms with Gasteiger partial charge in [0.25, 0.3) is 0 Å². The first-order valence-electron chi connectivity index (χ1n) is 4.46. The third kappa shape index (κ3) is 2.86. The normalized spacial score (nSPS) is 32.1. The van der Waals surface area contributed by atoms with Gasteiger partial charge in [0.15, 0.2) is 0 Å². The van der Waals surface area contributed by atoms with E-state index in [1.165, 1.54) is 19.3 Å². The van der Waals surface area contributed by atoms with E-state index in [4.69, 9.17) is 11.6 Å². The van der Waals surface area contributed by atoms with Crippen molar-refractivity contribution in [1.82, 2.24) is 0 Å². The molecule has 0 N–H and O–H groups in total. The number of alkyl halides is 1. The van der Waals surface area contributed by atoms with Crippen LogP contribution in [-0.2, 0) is 0 Å². The lowest BCUT2D eigenvalue weighted by Crippen LogP contribution is -2.12. The van der Waals surface area contributed by atoms with E-state index in [9.17, 15) is 0 Å². The molecule has 1 rings (SSSR count). The van der Waals surface area contributed by atoms with E-state index in [0.717, 1.165) is 11.8 Å². The van der Waals surface area contributed by atoms with Gasteiger partial charge in [-0.15, -0.1) is 11.6 Å². The lowest BCUT2D eigenvalue weighted by molar-refractivity contribution is 0.358. The van der Waals surface area contributed by atoms with Crippen LogP contribution in [0.2, 0.25) is 0 Å². The Morgan fingerprint density at radius 1 is 1.36 bits per heavy atom. The third-order valence-electron chi connectivity index (χ3n) is 2.39. The molecule has 0 aliphatic heterocycles. The van der Waals surface area contributed by atoms with Crippen LogP contribution in [0.4, 0.5) is 0 Å². The zero-order chi connectivity index (χ0) is 8.27. The maximum atomic E-state index is 5.65. The van der Waals surface area contributed by atoms with Crippen molar-refractivity contribution in [3.63, 3.8) is 0 Å². The number of rotatable bonds is 1. The van der Waals surface area contributed by atoms with Gasteiger partial charge in [0, 0.05) is 5.88 Å². The molecule has 1 aliphatic carbocycles. The monoisotopic (exact) mass is 172 g/mol. The Hall–Kier alpha value is 0.0300. The van der Waals surface area contributed by atoms with Gasteiger partial charge in [-0.25, -0.2) is 0 Å². The van der Waals surface area contributed by atoms with E-state index >= 15 is 0 Å². The van der Waals surface area contributed by atoms with Crippen molar-refractivity contribution in [2.24, 2.45) is 11.8 Å². The van der Waals surface area contributed by atoms with Gasteiger partial charge in [-0.3, -0.25) is 0 Å². The maximum Gasteiger partial charge on any atom is 0.0406 e. The van der Waals surface area contributed by atoms with Gasteiger partial charge in [0.2, 0.25) is 0 Å². The molecule has 0 bridgehead atoms. The van der Waals surface area contributed by atoms with Crippen LogP contribution in [0.25, 0.3) is 0 Å². The van der Waals surface area contributed by atoms with Crippen LogP contribution >= 0.6 is 11.6 Å². The fourth-order valence-electron chi connectivity index (χ4n) is 2.11. The molecule has 0 amide bonds. The number of allylic oxidation sites excluding steroid dienone is 2. The largest absolute Gasteiger partial charge is 0.122 e. The van der Waals surface area contributed by atoms with Crippen LogP contribution in [0, 0.1) is 11.8 Å². The zero-order valence-electron chi connectivity index (χ0n) is 7.44. The van der Waals surface area contributed by atoms with E-state index in [1.54, 1.807) is 5.57 Å². The summed E-state index contributed by atoms with van der Waals surface area (Å²) in [5.41, 5.74) is 1.58. The lowest BCUT2D eigenvalue weighted by atomic mass is 9.80. The Balaban J connectivity index is 2.49. The summed E-state index contributed by atoms with van der Waals surface area (Å²) >= 11 is 5.65. The number of hydrogen-bond donors (Lipinski definition) is 0. The molecular weight excluding hydrogens is 156 g/mol. The van der Waals surface area contributed by atoms with Gasteiger partial charge < -0.3 is 0 Å². The smallest absolute Gasteiger partial charge is 0.0406 e. The Kier molecular flexibility index (Phi) is 3.45. The second-order valence-electron chi connectivity index (χ2n) is 3.87. The van der Waals surface area contributed by atoms with Gasteiger partial charge in [-0.2, -0.15) is 0 Å². The average Bonchev–Trinajstić information content (AvgIpc) is 1.85. The molecule has 1 aliphatic rings. The standard InChI is InChI=1S/C10H17Cl/c1-8-5-9(2)7-10(6-8)3-4-11/h3,8-9H,4-7H2,1-2H3/t8-,9-/m0/s1. The predicted molar refractivity (Wildman–Crippen MR) is 51.0 cm³/mol. The molecule has 1 heteroatoms. The topological polar surface area (TPSA) is 0 Å². The number of halogens is 1. The minimum Gasteiger partial charge on any atom is -0.122 e. The Morgan fingerprint density at radius 3 is 2.36 bits per heavy atom. The zero-order valence-corrected chi connectivity index (χ0v) is 8.19. The van der Waals surface area contributed by atoms with Gasteiger partial charge >= 0.3 is 0 Å².